The highest BCUT2D eigenvalue weighted by molar-refractivity contribution is 7.99. The maximum Gasteiger partial charge on any atom is 0.329 e. The SMILES string of the molecule is CCCCOC(=O)[C@H]1CS[C@H](c2ccccc2Cl)N1C(=O)c1ccc(C)cc1. The van der Waals surface area contributed by atoms with Crippen LogP contribution in [0.4, 0.5) is 0 Å². The predicted octanol–water partition coefficient (Wildman–Crippen LogP) is 5.25. The molecular weight excluding hydrogens is 394 g/mol. The fourth-order valence-corrected chi connectivity index (χ4v) is 4.86. The molecule has 6 heteroatoms. The van der Waals surface area contributed by atoms with Gasteiger partial charge in [0.05, 0.1) is 6.61 Å². The van der Waals surface area contributed by atoms with E-state index in [-0.39, 0.29) is 17.3 Å². The van der Waals surface area contributed by atoms with Gasteiger partial charge in [-0.3, -0.25) is 4.79 Å². The second-order valence-corrected chi connectivity index (χ2v) is 8.34. The summed E-state index contributed by atoms with van der Waals surface area (Å²) in [4.78, 5) is 27.7. The van der Waals surface area contributed by atoms with Gasteiger partial charge in [0.25, 0.3) is 5.91 Å². The molecule has 1 fully saturated rings. The summed E-state index contributed by atoms with van der Waals surface area (Å²) in [5.74, 6) is -0.0540. The molecule has 0 spiro atoms. The summed E-state index contributed by atoms with van der Waals surface area (Å²) >= 11 is 7.94. The van der Waals surface area contributed by atoms with Crippen molar-refractivity contribution < 1.29 is 14.3 Å². The van der Waals surface area contributed by atoms with E-state index in [0.717, 1.165) is 24.0 Å². The molecule has 2 atom stereocenters. The number of hydrogen-bond donors (Lipinski definition) is 0. The number of esters is 1. The second-order valence-electron chi connectivity index (χ2n) is 6.82. The van der Waals surface area contributed by atoms with Crippen LogP contribution in [0, 0.1) is 6.92 Å². The number of aryl methyl sites for hydroxylation is 1. The molecule has 0 saturated carbocycles. The van der Waals surface area contributed by atoms with E-state index in [1.54, 1.807) is 23.1 Å². The maximum absolute atomic E-state index is 13.4. The molecule has 0 aliphatic carbocycles. The number of rotatable bonds is 6. The lowest BCUT2D eigenvalue weighted by atomic mass is 10.1. The summed E-state index contributed by atoms with van der Waals surface area (Å²) in [7, 11) is 0. The van der Waals surface area contributed by atoms with Crippen molar-refractivity contribution in [1.29, 1.82) is 0 Å². The molecule has 2 aromatic rings. The zero-order valence-corrected chi connectivity index (χ0v) is 17.6. The quantitative estimate of drug-likeness (QED) is 0.475. The molecule has 0 N–H and O–H groups in total. The molecule has 1 heterocycles. The van der Waals surface area contributed by atoms with Gasteiger partial charge >= 0.3 is 5.97 Å². The van der Waals surface area contributed by atoms with Crippen LogP contribution in [0.2, 0.25) is 5.02 Å². The van der Waals surface area contributed by atoms with Crippen LogP contribution in [-0.2, 0) is 9.53 Å². The lowest BCUT2D eigenvalue weighted by Gasteiger charge is -2.29. The highest BCUT2D eigenvalue weighted by Crippen LogP contribution is 2.44. The summed E-state index contributed by atoms with van der Waals surface area (Å²) < 4.78 is 5.44. The molecule has 2 aromatic carbocycles. The van der Waals surface area contributed by atoms with Crippen molar-refractivity contribution in [3.8, 4) is 0 Å². The minimum atomic E-state index is -0.628. The van der Waals surface area contributed by atoms with Crippen molar-refractivity contribution >= 4 is 35.2 Å². The molecule has 3 rings (SSSR count). The predicted molar refractivity (Wildman–Crippen MR) is 114 cm³/mol. The van der Waals surface area contributed by atoms with Crippen molar-refractivity contribution in [3.63, 3.8) is 0 Å². The summed E-state index contributed by atoms with van der Waals surface area (Å²) in [5.41, 5.74) is 2.46. The molecule has 1 amide bonds. The van der Waals surface area contributed by atoms with E-state index in [1.165, 1.54) is 11.8 Å². The van der Waals surface area contributed by atoms with E-state index in [0.29, 0.717) is 22.9 Å². The van der Waals surface area contributed by atoms with E-state index < -0.39 is 6.04 Å². The Kier molecular flexibility index (Phi) is 7.03. The molecule has 0 aromatic heterocycles. The molecule has 0 unspecified atom stereocenters. The Morgan fingerprint density at radius 3 is 2.57 bits per heavy atom. The highest BCUT2D eigenvalue weighted by atomic mass is 35.5. The van der Waals surface area contributed by atoms with E-state index >= 15 is 0 Å². The largest absolute Gasteiger partial charge is 0.464 e. The zero-order chi connectivity index (χ0) is 20.1. The minimum Gasteiger partial charge on any atom is -0.464 e. The molecule has 148 valence electrons. The number of hydrogen-bond acceptors (Lipinski definition) is 4. The third-order valence-electron chi connectivity index (χ3n) is 4.72. The highest BCUT2D eigenvalue weighted by Gasteiger charge is 2.44. The van der Waals surface area contributed by atoms with Crippen LogP contribution >= 0.6 is 23.4 Å². The van der Waals surface area contributed by atoms with Gasteiger partial charge < -0.3 is 9.64 Å². The van der Waals surface area contributed by atoms with Crippen molar-refractivity contribution in [2.45, 2.75) is 38.1 Å². The van der Waals surface area contributed by atoms with Gasteiger partial charge in [-0.2, -0.15) is 0 Å². The number of thioether (sulfide) groups is 1. The zero-order valence-electron chi connectivity index (χ0n) is 16.1. The first kappa shape index (κ1) is 20.7. The molecule has 28 heavy (non-hydrogen) atoms. The Balaban J connectivity index is 1.92. The van der Waals surface area contributed by atoms with Crippen molar-refractivity contribution in [3.05, 3.63) is 70.2 Å². The molecule has 1 saturated heterocycles. The first-order chi connectivity index (χ1) is 13.5. The van der Waals surface area contributed by atoms with Gasteiger partial charge in [-0.1, -0.05) is 60.8 Å². The number of carbonyl (C=O) groups is 2. The van der Waals surface area contributed by atoms with Crippen molar-refractivity contribution in [2.75, 3.05) is 12.4 Å². The Labute approximate surface area is 175 Å². The average Bonchev–Trinajstić information content (AvgIpc) is 3.13. The van der Waals surface area contributed by atoms with E-state index in [4.69, 9.17) is 16.3 Å². The molecule has 1 aliphatic rings. The standard InChI is InChI=1S/C22H24ClNO3S/c1-3-4-13-27-22(26)19-14-28-21(17-7-5-6-8-18(17)23)24(19)20(25)16-11-9-15(2)10-12-16/h5-12,19,21H,3-4,13-14H2,1-2H3/t19-,21-/m1/s1. The smallest absolute Gasteiger partial charge is 0.329 e. The van der Waals surface area contributed by atoms with Crippen LogP contribution in [0.1, 0.15) is 46.6 Å². The minimum absolute atomic E-state index is 0.188. The molecule has 1 aliphatic heterocycles. The van der Waals surface area contributed by atoms with Gasteiger partial charge in [0, 0.05) is 21.9 Å². The van der Waals surface area contributed by atoms with Crippen molar-refractivity contribution in [1.82, 2.24) is 4.90 Å². The molecule has 0 radical (unpaired) electrons. The van der Waals surface area contributed by atoms with Gasteiger partial charge in [-0.25, -0.2) is 4.79 Å². The van der Waals surface area contributed by atoms with E-state index in [1.807, 2.05) is 44.2 Å². The van der Waals surface area contributed by atoms with Crippen LogP contribution in [0.3, 0.4) is 0 Å². The Hall–Kier alpha value is -1.98. The number of halogens is 1. The first-order valence-corrected chi connectivity index (χ1v) is 10.9. The number of benzene rings is 2. The summed E-state index contributed by atoms with van der Waals surface area (Å²) in [6, 6.07) is 14.2. The summed E-state index contributed by atoms with van der Waals surface area (Å²) in [6.45, 7) is 4.39. The number of nitrogens with zero attached hydrogens (tertiary/aromatic N) is 1. The third kappa shape index (κ3) is 4.53. The first-order valence-electron chi connectivity index (χ1n) is 9.45. The van der Waals surface area contributed by atoms with Gasteiger partial charge in [0.15, 0.2) is 0 Å². The number of unbranched alkanes of at least 4 members (excludes halogenated alkanes) is 1. The van der Waals surface area contributed by atoms with Crippen LogP contribution < -0.4 is 0 Å². The number of amides is 1. The molecule has 4 nitrogen and oxygen atoms in total. The Morgan fingerprint density at radius 2 is 1.89 bits per heavy atom. The summed E-state index contributed by atoms with van der Waals surface area (Å²) in [6.07, 6.45) is 1.76. The number of carbonyl (C=O) groups excluding carboxylic acids is 2. The normalized spacial score (nSPS) is 18.9. The van der Waals surface area contributed by atoms with Gasteiger partial charge in [0.1, 0.15) is 11.4 Å². The fraction of sp³-hybridized carbons (Fsp3) is 0.364. The van der Waals surface area contributed by atoms with Crippen LogP contribution in [-0.4, -0.2) is 35.2 Å². The van der Waals surface area contributed by atoms with Gasteiger partial charge in [0.2, 0.25) is 0 Å². The lowest BCUT2D eigenvalue weighted by Crippen LogP contribution is -2.44. The monoisotopic (exact) mass is 417 g/mol. The maximum atomic E-state index is 13.4. The van der Waals surface area contributed by atoms with E-state index in [2.05, 4.69) is 0 Å². The Bertz CT molecular complexity index is 840. The van der Waals surface area contributed by atoms with Gasteiger partial charge in [-0.15, -0.1) is 11.8 Å². The summed E-state index contributed by atoms with van der Waals surface area (Å²) in [5, 5.41) is 0.257. The topological polar surface area (TPSA) is 46.6 Å². The van der Waals surface area contributed by atoms with Gasteiger partial charge in [-0.05, 0) is 31.5 Å². The van der Waals surface area contributed by atoms with Crippen molar-refractivity contribution in [2.24, 2.45) is 0 Å². The average molecular weight is 418 g/mol. The lowest BCUT2D eigenvalue weighted by molar-refractivity contribution is -0.148. The van der Waals surface area contributed by atoms with Crippen LogP contribution in [0.15, 0.2) is 48.5 Å². The fourth-order valence-electron chi connectivity index (χ4n) is 3.11. The Morgan fingerprint density at radius 1 is 1.18 bits per heavy atom. The number of ether oxygens (including phenoxy) is 1. The third-order valence-corrected chi connectivity index (χ3v) is 6.37. The molecular formula is C22H24ClNO3S. The van der Waals surface area contributed by atoms with E-state index in [9.17, 15) is 9.59 Å². The van der Waals surface area contributed by atoms with Crippen LogP contribution in [0.25, 0.3) is 0 Å². The van der Waals surface area contributed by atoms with Crippen LogP contribution in [0.5, 0.6) is 0 Å². The molecule has 0 bridgehead atoms. The second kappa shape index (κ2) is 9.48.